The molecule has 162 valence electrons. The molecule has 0 atom stereocenters. The summed E-state index contributed by atoms with van der Waals surface area (Å²) in [5, 5.41) is 20.8. The van der Waals surface area contributed by atoms with E-state index in [1.807, 2.05) is 0 Å². The predicted octanol–water partition coefficient (Wildman–Crippen LogP) is 2.59. The predicted molar refractivity (Wildman–Crippen MR) is 104 cm³/mol. The first kappa shape index (κ1) is 23.2. The van der Waals surface area contributed by atoms with E-state index in [-0.39, 0.29) is 36.9 Å². The number of nitrogens with zero attached hydrogens (tertiary/aromatic N) is 4. The fourth-order valence-corrected chi connectivity index (χ4v) is 2.73. The minimum Gasteiger partial charge on any atom is -0.503 e. The zero-order chi connectivity index (χ0) is 21.2. The summed E-state index contributed by atoms with van der Waals surface area (Å²) in [5.41, 5.74) is 1.17. The van der Waals surface area contributed by atoms with Gasteiger partial charge < -0.3 is 19.7 Å². The first-order valence-electron chi connectivity index (χ1n) is 8.51. The van der Waals surface area contributed by atoms with Gasteiger partial charge in [0.15, 0.2) is 11.5 Å². The third-order valence-electron chi connectivity index (χ3n) is 4.26. The van der Waals surface area contributed by atoms with Crippen LogP contribution in [0.2, 0.25) is 0 Å². The Bertz CT molecular complexity index is 1080. The zero-order valence-corrected chi connectivity index (χ0v) is 16.8. The Morgan fingerprint density at radius 1 is 1.23 bits per heavy atom. The van der Waals surface area contributed by atoms with Crippen LogP contribution in [0.1, 0.15) is 17.1 Å². The molecule has 2 aromatic heterocycles. The summed E-state index contributed by atoms with van der Waals surface area (Å²) in [6.45, 7) is 2.14. The van der Waals surface area contributed by atoms with Crippen molar-refractivity contribution in [1.29, 1.82) is 0 Å². The van der Waals surface area contributed by atoms with Gasteiger partial charge in [0.2, 0.25) is 5.43 Å². The lowest BCUT2D eigenvalue weighted by Crippen LogP contribution is -2.20. The number of rotatable bonds is 6. The highest BCUT2D eigenvalue weighted by atomic mass is 35.5. The maximum atomic E-state index is 12.6. The number of alkyl halides is 3. The van der Waals surface area contributed by atoms with Gasteiger partial charge in [-0.15, -0.1) is 30.7 Å². The van der Waals surface area contributed by atoms with E-state index >= 15 is 0 Å². The van der Waals surface area contributed by atoms with Crippen molar-refractivity contribution < 1.29 is 23.0 Å². The molecule has 3 aromatic rings. The minimum atomic E-state index is -4.83. The van der Waals surface area contributed by atoms with Gasteiger partial charge in [-0.25, -0.2) is 4.68 Å². The van der Waals surface area contributed by atoms with Crippen LogP contribution in [0.4, 0.5) is 13.2 Å². The van der Waals surface area contributed by atoms with Gasteiger partial charge in [-0.1, -0.05) is 17.3 Å². The van der Waals surface area contributed by atoms with Crippen molar-refractivity contribution in [3.05, 3.63) is 63.8 Å². The number of halogens is 4. The van der Waals surface area contributed by atoms with E-state index < -0.39 is 17.5 Å². The van der Waals surface area contributed by atoms with Crippen LogP contribution in [0.25, 0.3) is 5.69 Å². The van der Waals surface area contributed by atoms with Crippen molar-refractivity contribution >= 4 is 12.4 Å². The van der Waals surface area contributed by atoms with Crippen LogP contribution in [-0.4, -0.2) is 31.0 Å². The van der Waals surface area contributed by atoms with Crippen molar-refractivity contribution in [2.24, 2.45) is 7.05 Å². The van der Waals surface area contributed by atoms with E-state index in [0.29, 0.717) is 17.1 Å². The summed E-state index contributed by atoms with van der Waals surface area (Å²) in [7, 11) is 1.72. The molecule has 0 saturated heterocycles. The number of hydrogen-bond acceptors (Lipinski definition) is 6. The van der Waals surface area contributed by atoms with Crippen LogP contribution in [0, 0.1) is 6.92 Å². The molecule has 0 bridgehead atoms. The highest BCUT2D eigenvalue weighted by Gasteiger charge is 2.32. The number of para-hydroxylation sites is 2. The third kappa shape index (κ3) is 5.30. The molecule has 0 amide bonds. The Hall–Kier alpha value is -3.05. The maximum absolute atomic E-state index is 12.6. The lowest BCUT2D eigenvalue weighted by molar-refractivity contribution is -0.274. The van der Waals surface area contributed by atoms with Crippen molar-refractivity contribution in [2.75, 3.05) is 0 Å². The SMILES string of the molecule is Cc1cc(=O)c(O)c(CNCc2cn(-c3ccccc3OC(F)(F)F)nn2)n1C.Cl. The van der Waals surface area contributed by atoms with Crippen molar-refractivity contribution in [1.82, 2.24) is 24.9 Å². The van der Waals surface area contributed by atoms with E-state index in [9.17, 15) is 23.1 Å². The van der Waals surface area contributed by atoms with Gasteiger partial charge in [0.05, 0.1) is 17.6 Å². The van der Waals surface area contributed by atoms with Gasteiger partial charge in [0.1, 0.15) is 5.69 Å². The molecule has 0 unspecified atom stereocenters. The second-order valence-corrected chi connectivity index (χ2v) is 6.28. The van der Waals surface area contributed by atoms with Crippen LogP contribution >= 0.6 is 12.4 Å². The third-order valence-corrected chi connectivity index (χ3v) is 4.26. The average molecular weight is 446 g/mol. The maximum Gasteiger partial charge on any atom is 0.573 e. The second kappa shape index (κ2) is 9.18. The number of pyridine rings is 1. The Labute approximate surface area is 175 Å². The quantitative estimate of drug-likeness (QED) is 0.605. The lowest BCUT2D eigenvalue weighted by Gasteiger charge is -2.13. The summed E-state index contributed by atoms with van der Waals surface area (Å²) in [6.07, 6.45) is -3.37. The fraction of sp³-hybridized carbons (Fsp3) is 0.278. The normalized spacial score (nSPS) is 11.2. The fourth-order valence-electron chi connectivity index (χ4n) is 2.73. The lowest BCUT2D eigenvalue weighted by atomic mass is 10.2. The molecule has 0 radical (unpaired) electrons. The molecule has 0 aliphatic carbocycles. The van der Waals surface area contributed by atoms with Crippen molar-refractivity contribution in [3.8, 4) is 17.2 Å². The van der Waals surface area contributed by atoms with E-state index in [1.165, 1.54) is 35.1 Å². The highest BCUT2D eigenvalue weighted by Crippen LogP contribution is 2.28. The summed E-state index contributed by atoms with van der Waals surface area (Å²) in [6, 6.07) is 6.92. The molecule has 0 fully saturated rings. The second-order valence-electron chi connectivity index (χ2n) is 6.28. The van der Waals surface area contributed by atoms with Crippen LogP contribution in [0.5, 0.6) is 11.5 Å². The molecule has 2 heterocycles. The number of ether oxygens (including phenoxy) is 1. The molecule has 0 saturated carbocycles. The molecule has 0 aliphatic heterocycles. The van der Waals surface area contributed by atoms with Gasteiger partial charge >= 0.3 is 6.36 Å². The van der Waals surface area contributed by atoms with Crippen LogP contribution in [0.3, 0.4) is 0 Å². The highest BCUT2D eigenvalue weighted by molar-refractivity contribution is 5.85. The summed E-state index contributed by atoms with van der Waals surface area (Å²) in [5.74, 6) is -0.739. The average Bonchev–Trinajstić information content (AvgIpc) is 3.11. The Morgan fingerprint density at radius 2 is 1.93 bits per heavy atom. The van der Waals surface area contributed by atoms with E-state index in [0.717, 1.165) is 0 Å². The number of aryl methyl sites for hydroxylation is 1. The van der Waals surface area contributed by atoms with Gasteiger partial charge in [-0.05, 0) is 19.1 Å². The van der Waals surface area contributed by atoms with E-state index in [4.69, 9.17) is 0 Å². The first-order chi connectivity index (χ1) is 13.7. The van der Waals surface area contributed by atoms with Gasteiger partial charge in [0, 0.05) is 31.9 Å². The van der Waals surface area contributed by atoms with Gasteiger partial charge in [0.25, 0.3) is 0 Å². The van der Waals surface area contributed by atoms with Gasteiger partial charge in [-0.3, -0.25) is 4.79 Å². The number of aromatic hydroxyl groups is 1. The van der Waals surface area contributed by atoms with E-state index in [2.05, 4.69) is 20.4 Å². The Kier molecular flexibility index (Phi) is 7.11. The van der Waals surface area contributed by atoms with Crippen LogP contribution in [-0.2, 0) is 20.1 Å². The number of nitrogens with one attached hydrogen (secondary N) is 1. The Morgan fingerprint density at radius 3 is 2.63 bits per heavy atom. The topological polar surface area (TPSA) is 94.2 Å². The monoisotopic (exact) mass is 445 g/mol. The standard InChI is InChI=1S/C18H18F3N5O3.ClH/c1-11-7-15(27)17(28)14(25(11)2)9-22-8-12-10-26(24-23-12)13-5-3-4-6-16(13)29-18(19,20)21;/h3-7,10,22,28H,8-9H2,1-2H3;1H. The summed E-state index contributed by atoms with van der Waals surface area (Å²) in [4.78, 5) is 11.7. The van der Waals surface area contributed by atoms with Crippen LogP contribution in [0.15, 0.2) is 41.3 Å². The van der Waals surface area contributed by atoms with E-state index in [1.54, 1.807) is 24.6 Å². The van der Waals surface area contributed by atoms with Gasteiger partial charge in [-0.2, -0.15) is 0 Å². The molecule has 8 nitrogen and oxygen atoms in total. The zero-order valence-electron chi connectivity index (χ0n) is 16.0. The number of benzene rings is 1. The molecule has 0 aliphatic rings. The molecular formula is C18H19ClF3N5O3. The Balaban J connectivity index is 0.00000320. The molecule has 12 heteroatoms. The number of hydrogen-bond donors (Lipinski definition) is 2. The molecule has 2 N–H and O–H groups in total. The largest absolute Gasteiger partial charge is 0.573 e. The van der Waals surface area contributed by atoms with Crippen molar-refractivity contribution in [3.63, 3.8) is 0 Å². The first-order valence-corrected chi connectivity index (χ1v) is 8.51. The molecule has 30 heavy (non-hydrogen) atoms. The summed E-state index contributed by atoms with van der Waals surface area (Å²) < 4.78 is 44.6. The smallest absolute Gasteiger partial charge is 0.503 e. The van der Waals surface area contributed by atoms with Crippen LogP contribution < -0.4 is 15.5 Å². The minimum absolute atomic E-state index is 0. The molecule has 1 aromatic carbocycles. The van der Waals surface area contributed by atoms with Crippen molar-refractivity contribution in [2.45, 2.75) is 26.4 Å². The summed E-state index contributed by atoms with van der Waals surface area (Å²) >= 11 is 0. The molecule has 3 rings (SSSR count). The number of aromatic nitrogens is 4. The molecule has 0 spiro atoms. The molecular weight excluding hydrogens is 427 g/mol.